The largest absolute Gasteiger partial charge is 0.490 e. The van der Waals surface area contributed by atoms with Gasteiger partial charge in [0.2, 0.25) is 0 Å². The Morgan fingerprint density at radius 3 is 2.17 bits per heavy atom. The van der Waals surface area contributed by atoms with E-state index in [0.717, 1.165) is 0 Å². The van der Waals surface area contributed by atoms with Gasteiger partial charge in [-0.25, -0.2) is 14.8 Å². The third kappa shape index (κ3) is 7.28. The molecule has 0 atom stereocenters. The van der Waals surface area contributed by atoms with E-state index in [4.69, 9.17) is 33.0 Å². The van der Waals surface area contributed by atoms with Crippen molar-refractivity contribution in [1.82, 2.24) is 4.98 Å². The molecule has 0 saturated heterocycles. The number of hydrogen-bond acceptors (Lipinski definition) is 3. The van der Waals surface area contributed by atoms with Gasteiger partial charge >= 0.3 is 12.1 Å². The van der Waals surface area contributed by atoms with E-state index in [-0.39, 0.29) is 5.96 Å². The Morgan fingerprint density at radius 1 is 1.39 bits per heavy atom. The Kier molecular flexibility index (Phi) is 5.89. The smallest absolute Gasteiger partial charge is 0.475 e. The van der Waals surface area contributed by atoms with E-state index >= 15 is 0 Å². The summed E-state index contributed by atoms with van der Waals surface area (Å²) in [5.74, 6) is -2.75. The standard InChI is InChI=1S/C6H7ClN4.C2HF3O2/c7-5-2-1-4(3-10-5)11-6(8)9;3-2(4,5)1(6)7/h1-3H,(H4,8,9,11);(H,6,7). The molecule has 1 aromatic rings. The van der Waals surface area contributed by atoms with Crippen molar-refractivity contribution in [3.63, 3.8) is 0 Å². The van der Waals surface area contributed by atoms with Crippen LogP contribution in [0.3, 0.4) is 0 Å². The summed E-state index contributed by atoms with van der Waals surface area (Å²) in [4.78, 5) is 16.4. The van der Waals surface area contributed by atoms with Gasteiger partial charge in [0.05, 0.1) is 11.9 Å². The average molecular weight is 285 g/mol. The van der Waals surface area contributed by atoms with Crippen LogP contribution in [0.5, 0.6) is 0 Å². The fourth-order valence-corrected chi connectivity index (χ4v) is 0.695. The average Bonchev–Trinajstić information content (AvgIpc) is 2.20. The lowest BCUT2D eigenvalue weighted by Gasteiger charge is -1.93. The first-order valence-electron chi connectivity index (χ1n) is 4.14. The number of aromatic nitrogens is 1. The Labute approximate surface area is 104 Å². The molecule has 0 bridgehead atoms. The molecule has 5 N–H and O–H groups in total. The van der Waals surface area contributed by atoms with Crippen molar-refractivity contribution in [2.75, 3.05) is 0 Å². The summed E-state index contributed by atoms with van der Waals surface area (Å²) in [5.41, 5.74) is 10.9. The molecule has 0 aliphatic carbocycles. The Balaban J connectivity index is 0.000000360. The fourth-order valence-electron chi connectivity index (χ4n) is 0.583. The number of nitrogens with zero attached hydrogens (tertiary/aromatic N) is 2. The lowest BCUT2D eigenvalue weighted by Crippen LogP contribution is -2.21. The SMILES string of the molecule is NC(N)=Nc1ccc(Cl)nc1.O=C(O)C(F)(F)F. The van der Waals surface area contributed by atoms with Gasteiger partial charge < -0.3 is 16.6 Å². The second kappa shape index (κ2) is 6.64. The molecule has 0 radical (unpaired) electrons. The van der Waals surface area contributed by atoms with Crippen LogP contribution >= 0.6 is 11.6 Å². The first-order valence-corrected chi connectivity index (χ1v) is 4.52. The molecule has 0 amide bonds. The number of alkyl halides is 3. The summed E-state index contributed by atoms with van der Waals surface area (Å²) in [6.45, 7) is 0. The van der Waals surface area contributed by atoms with Crippen molar-refractivity contribution >= 4 is 29.2 Å². The number of guanidine groups is 1. The highest BCUT2D eigenvalue weighted by molar-refractivity contribution is 6.29. The van der Waals surface area contributed by atoms with Gasteiger partial charge in [0.25, 0.3) is 0 Å². The molecule has 10 heteroatoms. The topological polar surface area (TPSA) is 115 Å². The molecule has 0 spiro atoms. The van der Waals surface area contributed by atoms with Crippen molar-refractivity contribution in [2.24, 2.45) is 16.5 Å². The molecular weight excluding hydrogens is 277 g/mol. The van der Waals surface area contributed by atoms with E-state index in [1.807, 2.05) is 0 Å². The highest BCUT2D eigenvalue weighted by Crippen LogP contribution is 2.13. The predicted molar refractivity (Wildman–Crippen MR) is 58.4 cm³/mol. The Hall–Kier alpha value is -2.03. The van der Waals surface area contributed by atoms with Crippen molar-refractivity contribution < 1.29 is 23.1 Å². The minimum Gasteiger partial charge on any atom is -0.475 e. The molecule has 6 nitrogen and oxygen atoms in total. The van der Waals surface area contributed by atoms with Gasteiger partial charge in [0.1, 0.15) is 5.15 Å². The van der Waals surface area contributed by atoms with Crippen molar-refractivity contribution in [2.45, 2.75) is 6.18 Å². The van der Waals surface area contributed by atoms with Gasteiger partial charge in [-0.05, 0) is 12.1 Å². The summed E-state index contributed by atoms with van der Waals surface area (Å²) in [7, 11) is 0. The van der Waals surface area contributed by atoms with E-state index in [2.05, 4.69) is 9.98 Å². The monoisotopic (exact) mass is 284 g/mol. The van der Waals surface area contributed by atoms with E-state index < -0.39 is 12.1 Å². The molecule has 100 valence electrons. The zero-order valence-electron chi connectivity index (χ0n) is 8.65. The summed E-state index contributed by atoms with van der Waals surface area (Å²) in [6, 6.07) is 3.29. The molecule has 0 saturated carbocycles. The number of aliphatic imine (C=N–C) groups is 1. The maximum absolute atomic E-state index is 10.6. The van der Waals surface area contributed by atoms with E-state index in [9.17, 15) is 13.2 Å². The van der Waals surface area contributed by atoms with Crippen LogP contribution in [0.4, 0.5) is 18.9 Å². The molecule has 1 rings (SSSR count). The van der Waals surface area contributed by atoms with E-state index in [1.165, 1.54) is 6.20 Å². The molecule has 0 aromatic carbocycles. The highest BCUT2D eigenvalue weighted by Gasteiger charge is 2.38. The number of rotatable bonds is 1. The molecule has 0 aliphatic rings. The maximum Gasteiger partial charge on any atom is 0.490 e. The second-order valence-corrected chi connectivity index (χ2v) is 3.07. The highest BCUT2D eigenvalue weighted by atomic mass is 35.5. The van der Waals surface area contributed by atoms with Gasteiger partial charge in [0, 0.05) is 0 Å². The summed E-state index contributed by atoms with van der Waals surface area (Å²) in [5, 5.41) is 7.54. The number of nitrogens with two attached hydrogens (primary N) is 2. The first kappa shape index (κ1) is 16.0. The normalized spacial score (nSPS) is 10.0. The number of carboxylic acid groups (broad SMARTS) is 1. The molecule has 1 heterocycles. The lowest BCUT2D eigenvalue weighted by atomic mass is 10.4. The third-order valence-electron chi connectivity index (χ3n) is 1.21. The van der Waals surface area contributed by atoms with Gasteiger partial charge in [-0.2, -0.15) is 13.2 Å². The summed E-state index contributed by atoms with van der Waals surface area (Å²) >= 11 is 5.53. The van der Waals surface area contributed by atoms with Crippen molar-refractivity contribution in [1.29, 1.82) is 0 Å². The van der Waals surface area contributed by atoms with Crippen LogP contribution in [0.2, 0.25) is 5.15 Å². The molecule has 0 aliphatic heterocycles. The van der Waals surface area contributed by atoms with Gasteiger partial charge in [0.15, 0.2) is 5.96 Å². The molecular formula is C8H8ClF3N4O2. The lowest BCUT2D eigenvalue weighted by molar-refractivity contribution is -0.192. The van der Waals surface area contributed by atoms with Crippen LogP contribution in [0, 0.1) is 0 Å². The van der Waals surface area contributed by atoms with Crippen LogP contribution in [0.25, 0.3) is 0 Å². The van der Waals surface area contributed by atoms with Gasteiger partial charge in [-0.1, -0.05) is 11.6 Å². The van der Waals surface area contributed by atoms with Crippen molar-refractivity contribution in [3.8, 4) is 0 Å². The number of halogens is 4. The van der Waals surface area contributed by atoms with Crippen LogP contribution < -0.4 is 11.5 Å². The number of carboxylic acids is 1. The minimum atomic E-state index is -5.08. The van der Waals surface area contributed by atoms with Gasteiger partial charge in [-0.15, -0.1) is 0 Å². The molecule has 0 unspecified atom stereocenters. The fraction of sp³-hybridized carbons (Fsp3) is 0.125. The maximum atomic E-state index is 10.6. The summed E-state index contributed by atoms with van der Waals surface area (Å²) in [6.07, 6.45) is -3.60. The van der Waals surface area contributed by atoms with Crippen LogP contribution in [-0.4, -0.2) is 28.2 Å². The zero-order chi connectivity index (χ0) is 14.3. The number of pyridine rings is 1. The van der Waals surface area contributed by atoms with Crippen LogP contribution in [0.1, 0.15) is 0 Å². The quantitative estimate of drug-likeness (QED) is 0.408. The Morgan fingerprint density at radius 2 is 1.89 bits per heavy atom. The summed E-state index contributed by atoms with van der Waals surface area (Å²) < 4.78 is 31.7. The molecule has 0 fully saturated rings. The van der Waals surface area contributed by atoms with Crippen molar-refractivity contribution in [3.05, 3.63) is 23.5 Å². The van der Waals surface area contributed by atoms with Gasteiger partial charge in [-0.3, -0.25) is 0 Å². The third-order valence-corrected chi connectivity index (χ3v) is 1.44. The van der Waals surface area contributed by atoms with Crippen LogP contribution in [-0.2, 0) is 4.79 Å². The van der Waals surface area contributed by atoms with Crippen LogP contribution in [0.15, 0.2) is 23.3 Å². The molecule has 1 aromatic heterocycles. The number of carbonyl (C=O) groups is 1. The Bertz CT molecular complexity index is 429. The van der Waals surface area contributed by atoms with E-state index in [1.54, 1.807) is 12.1 Å². The first-order chi connectivity index (χ1) is 8.12. The number of hydrogen-bond donors (Lipinski definition) is 3. The number of aliphatic carboxylic acids is 1. The predicted octanol–water partition coefficient (Wildman–Crippen LogP) is 1.27. The zero-order valence-corrected chi connectivity index (χ0v) is 9.40. The molecule has 18 heavy (non-hydrogen) atoms. The second-order valence-electron chi connectivity index (χ2n) is 2.68. The van der Waals surface area contributed by atoms with E-state index in [0.29, 0.717) is 10.8 Å². The minimum absolute atomic E-state index is 0.00845.